The molecule has 5 heteroatoms. The summed E-state index contributed by atoms with van der Waals surface area (Å²) in [5.41, 5.74) is 1.95. The van der Waals surface area contributed by atoms with Gasteiger partial charge in [-0.3, -0.25) is 14.5 Å². The number of nitrogens with zero attached hydrogens (tertiary/aromatic N) is 4. The molecule has 1 amide bonds. The van der Waals surface area contributed by atoms with Crippen molar-refractivity contribution in [1.82, 2.24) is 19.7 Å². The average Bonchev–Trinajstić information content (AvgIpc) is 3.11. The molecule has 1 saturated heterocycles. The lowest BCUT2D eigenvalue weighted by atomic mass is 9.64. The van der Waals surface area contributed by atoms with Gasteiger partial charge in [0.2, 0.25) is 5.91 Å². The van der Waals surface area contributed by atoms with Gasteiger partial charge in [-0.05, 0) is 49.8 Å². The summed E-state index contributed by atoms with van der Waals surface area (Å²) in [6, 6.07) is 6.05. The molecule has 0 radical (unpaired) electrons. The van der Waals surface area contributed by atoms with Gasteiger partial charge in [0.25, 0.3) is 0 Å². The van der Waals surface area contributed by atoms with Crippen LogP contribution in [0.25, 0.3) is 0 Å². The zero-order valence-corrected chi connectivity index (χ0v) is 13.5. The second kappa shape index (κ2) is 5.48. The van der Waals surface area contributed by atoms with E-state index in [9.17, 15) is 4.79 Å². The van der Waals surface area contributed by atoms with Crippen LogP contribution in [0.2, 0.25) is 0 Å². The van der Waals surface area contributed by atoms with Crippen molar-refractivity contribution >= 4 is 5.91 Å². The monoisotopic (exact) mass is 310 g/mol. The molecule has 23 heavy (non-hydrogen) atoms. The molecule has 1 aliphatic heterocycles. The molecule has 2 atom stereocenters. The van der Waals surface area contributed by atoms with E-state index >= 15 is 0 Å². The number of aromatic nitrogens is 3. The van der Waals surface area contributed by atoms with Crippen molar-refractivity contribution in [3.8, 4) is 0 Å². The molecule has 2 aromatic heterocycles. The maximum Gasteiger partial charge on any atom is 0.229 e. The van der Waals surface area contributed by atoms with Crippen LogP contribution in [0.3, 0.4) is 0 Å². The van der Waals surface area contributed by atoms with E-state index < -0.39 is 0 Å². The third kappa shape index (κ3) is 2.18. The van der Waals surface area contributed by atoms with E-state index in [1.165, 1.54) is 12.0 Å². The molecule has 0 bridgehead atoms. The zero-order chi connectivity index (χ0) is 15.9. The van der Waals surface area contributed by atoms with Crippen LogP contribution in [0.4, 0.5) is 0 Å². The van der Waals surface area contributed by atoms with E-state index in [4.69, 9.17) is 0 Å². The Kier molecular flexibility index (Phi) is 3.43. The molecule has 3 heterocycles. The molecule has 2 aromatic rings. The highest BCUT2D eigenvalue weighted by molar-refractivity contribution is 5.80. The maximum absolute atomic E-state index is 12.9. The first-order valence-electron chi connectivity index (χ1n) is 8.47. The Labute approximate surface area is 136 Å². The number of aryl methyl sites for hydroxylation is 1. The highest BCUT2D eigenvalue weighted by atomic mass is 16.2. The molecule has 2 fully saturated rings. The zero-order valence-electron chi connectivity index (χ0n) is 13.5. The topological polar surface area (TPSA) is 51.0 Å². The minimum Gasteiger partial charge on any atom is -0.332 e. The predicted octanol–water partition coefficient (Wildman–Crippen LogP) is 2.38. The van der Waals surface area contributed by atoms with Crippen LogP contribution in [-0.4, -0.2) is 32.1 Å². The van der Waals surface area contributed by atoms with E-state index in [1.54, 1.807) is 6.20 Å². The van der Waals surface area contributed by atoms with Crippen LogP contribution in [0.5, 0.6) is 0 Å². The quantitative estimate of drug-likeness (QED) is 0.871. The van der Waals surface area contributed by atoms with Crippen LogP contribution < -0.4 is 0 Å². The number of fused-ring (bicyclic) bond motifs is 1. The fourth-order valence-corrected chi connectivity index (χ4v) is 4.27. The largest absolute Gasteiger partial charge is 0.332 e. The highest BCUT2D eigenvalue weighted by Crippen LogP contribution is 2.56. The molecule has 120 valence electrons. The molecule has 0 spiro atoms. The lowest BCUT2D eigenvalue weighted by molar-refractivity contribution is -0.139. The number of amides is 1. The van der Waals surface area contributed by atoms with E-state index in [2.05, 4.69) is 28.0 Å². The third-order valence-electron chi connectivity index (χ3n) is 5.55. The summed E-state index contributed by atoms with van der Waals surface area (Å²) in [5, 5.41) is 4.45. The van der Waals surface area contributed by atoms with Crippen molar-refractivity contribution in [3.63, 3.8) is 0 Å². The van der Waals surface area contributed by atoms with Crippen LogP contribution in [0.15, 0.2) is 36.8 Å². The van der Waals surface area contributed by atoms with Gasteiger partial charge in [0.15, 0.2) is 0 Å². The number of rotatable bonds is 4. The van der Waals surface area contributed by atoms with E-state index in [0.29, 0.717) is 12.3 Å². The Morgan fingerprint density at radius 2 is 2.30 bits per heavy atom. The van der Waals surface area contributed by atoms with Gasteiger partial charge in [0.05, 0.1) is 17.7 Å². The smallest absolute Gasteiger partial charge is 0.229 e. The fourth-order valence-electron chi connectivity index (χ4n) is 4.27. The molecule has 5 nitrogen and oxygen atoms in total. The minimum atomic E-state index is -0.112. The van der Waals surface area contributed by atoms with E-state index in [0.717, 1.165) is 31.6 Å². The third-order valence-corrected chi connectivity index (χ3v) is 5.55. The predicted molar refractivity (Wildman–Crippen MR) is 86.6 cm³/mol. The lowest BCUT2D eigenvalue weighted by Gasteiger charge is -2.50. The normalized spacial score (nSPS) is 26.0. The Hall–Kier alpha value is -2.17. The number of carbonyl (C=O) groups is 1. The summed E-state index contributed by atoms with van der Waals surface area (Å²) in [6.07, 6.45) is 9.43. The molecule has 0 unspecified atom stereocenters. The van der Waals surface area contributed by atoms with Crippen LogP contribution in [-0.2, 0) is 23.3 Å². The Balaban J connectivity index is 1.59. The number of hydrogen-bond donors (Lipinski definition) is 0. The van der Waals surface area contributed by atoms with Crippen molar-refractivity contribution in [2.24, 2.45) is 5.92 Å². The Morgan fingerprint density at radius 1 is 1.39 bits per heavy atom. The van der Waals surface area contributed by atoms with Gasteiger partial charge in [0.1, 0.15) is 0 Å². The Bertz CT molecular complexity index is 711. The van der Waals surface area contributed by atoms with Gasteiger partial charge in [-0.15, -0.1) is 0 Å². The number of pyridine rings is 1. The standard InChI is InChI=1S/C18H22N4O/c1-2-21-10-7-16(20-21)12-17(23)22-11-6-14-5-8-18(14,22)15-4-3-9-19-13-15/h3-4,7,9-10,13-14H,2,5-6,8,11-12H2,1H3/t14-,18-/m0/s1. The average molecular weight is 310 g/mol. The maximum atomic E-state index is 12.9. The van der Waals surface area contributed by atoms with E-state index in [-0.39, 0.29) is 11.4 Å². The molecule has 1 aliphatic carbocycles. The van der Waals surface area contributed by atoms with Gasteiger partial charge in [0, 0.05) is 31.7 Å². The SMILES string of the molecule is CCn1ccc(CC(=O)N2CC[C@@H]3CC[C@@]32c2cccnc2)n1. The fraction of sp³-hybridized carbons (Fsp3) is 0.500. The van der Waals surface area contributed by atoms with Gasteiger partial charge in [-0.25, -0.2) is 0 Å². The van der Waals surface area contributed by atoms with Gasteiger partial charge < -0.3 is 4.90 Å². The minimum absolute atomic E-state index is 0.112. The van der Waals surface area contributed by atoms with Crippen LogP contribution in [0, 0.1) is 5.92 Å². The van der Waals surface area contributed by atoms with Crippen LogP contribution >= 0.6 is 0 Å². The van der Waals surface area contributed by atoms with Crippen molar-refractivity contribution < 1.29 is 4.79 Å². The first kappa shape index (κ1) is 14.4. The molecular weight excluding hydrogens is 288 g/mol. The van der Waals surface area contributed by atoms with Gasteiger partial charge in [-0.2, -0.15) is 5.10 Å². The van der Waals surface area contributed by atoms with Gasteiger partial charge in [-0.1, -0.05) is 6.07 Å². The summed E-state index contributed by atoms with van der Waals surface area (Å²) in [4.78, 5) is 19.3. The first-order chi connectivity index (χ1) is 11.2. The van der Waals surface area contributed by atoms with Crippen LogP contribution in [0.1, 0.15) is 37.4 Å². The summed E-state index contributed by atoms with van der Waals surface area (Å²) < 4.78 is 1.87. The number of carbonyl (C=O) groups excluding carboxylic acids is 1. The highest BCUT2D eigenvalue weighted by Gasteiger charge is 2.57. The summed E-state index contributed by atoms with van der Waals surface area (Å²) in [7, 11) is 0. The Morgan fingerprint density at radius 3 is 2.96 bits per heavy atom. The van der Waals surface area contributed by atoms with Crippen molar-refractivity contribution in [3.05, 3.63) is 48.0 Å². The van der Waals surface area contributed by atoms with E-state index in [1.807, 2.05) is 29.2 Å². The summed E-state index contributed by atoms with van der Waals surface area (Å²) in [5.74, 6) is 0.779. The number of likely N-dealkylation sites (tertiary alicyclic amines) is 1. The number of hydrogen-bond acceptors (Lipinski definition) is 3. The first-order valence-corrected chi connectivity index (χ1v) is 8.47. The molecule has 2 aliphatic rings. The molecule has 0 N–H and O–H groups in total. The molecule has 1 saturated carbocycles. The van der Waals surface area contributed by atoms with Crippen molar-refractivity contribution in [2.45, 2.75) is 44.7 Å². The summed E-state index contributed by atoms with van der Waals surface area (Å²) in [6.45, 7) is 3.74. The van der Waals surface area contributed by atoms with Gasteiger partial charge >= 0.3 is 0 Å². The van der Waals surface area contributed by atoms with Crippen molar-refractivity contribution in [1.29, 1.82) is 0 Å². The summed E-state index contributed by atoms with van der Waals surface area (Å²) >= 11 is 0. The second-order valence-corrected chi connectivity index (χ2v) is 6.58. The molecule has 0 aromatic carbocycles. The lowest BCUT2D eigenvalue weighted by Crippen LogP contribution is -2.54. The second-order valence-electron chi connectivity index (χ2n) is 6.58. The molecule has 4 rings (SSSR count). The van der Waals surface area contributed by atoms with Crippen molar-refractivity contribution in [2.75, 3.05) is 6.54 Å². The molecular formula is C18H22N4O.